The summed E-state index contributed by atoms with van der Waals surface area (Å²) in [6.07, 6.45) is 1.59. The van der Waals surface area contributed by atoms with Crippen molar-refractivity contribution in [3.63, 3.8) is 0 Å². The average Bonchev–Trinajstić information content (AvgIpc) is 3.49. The molecule has 10 heteroatoms. The highest BCUT2D eigenvalue weighted by molar-refractivity contribution is 7.15. The van der Waals surface area contributed by atoms with Crippen molar-refractivity contribution in [2.24, 2.45) is 0 Å². The maximum atomic E-state index is 12.6. The van der Waals surface area contributed by atoms with E-state index in [1.807, 2.05) is 17.5 Å². The molecular formula is C19H10N4O4S2. The first-order valence-electron chi connectivity index (χ1n) is 8.39. The second-order valence-corrected chi connectivity index (χ2v) is 7.96. The van der Waals surface area contributed by atoms with E-state index in [-0.39, 0.29) is 11.2 Å². The van der Waals surface area contributed by atoms with Gasteiger partial charge in [-0.05, 0) is 29.6 Å². The van der Waals surface area contributed by atoms with Crippen LogP contribution in [0.5, 0.6) is 0 Å². The van der Waals surface area contributed by atoms with E-state index in [1.165, 1.54) is 33.3 Å². The van der Waals surface area contributed by atoms with Crippen LogP contribution < -0.4 is 10.1 Å². The molecule has 0 fully saturated rings. The van der Waals surface area contributed by atoms with Crippen molar-refractivity contribution in [3.05, 3.63) is 84.7 Å². The smallest absolute Gasteiger partial charge is 0.291 e. The first-order valence-corrected chi connectivity index (χ1v) is 10.1. The summed E-state index contributed by atoms with van der Waals surface area (Å²) in [7, 11) is 0. The molecule has 0 saturated heterocycles. The maximum absolute atomic E-state index is 12.6. The lowest BCUT2D eigenvalue weighted by Gasteiger charge is -1.98. The third-order valence-electron chi connectivity index (χ3n) is 4.19. The zero-order valence-electron chi connectivity index (χ0n) is 14.5. The molecule has 0 aliphatic carbocycles. The molecule has 4 heterocycles. The molecule has 0 aliphatic heterocycles. The SMILES string of the molecule is O=c1c(=Cc2ccc(-c3ccccc3[N+](=O)[O-])o2)sc2nc(-c3cccs3)nn12. The van der Waals surface area contributed by atoms with Crippen LogP contribution in [0.2, 0.25) is 0 Å². The van der Waals surface area contributed by atoms with Crippen molar-refractivity contribution in [3.8, 4) is 22.0 Å². The molecule has 5 aromatic rings. The number of thiazole rings is 1. The summed E-state index contributed by atoms with van der Waals surface area (Å²) < 4.78 is 7.43. The van der Waals surface area contributed by atoms with Crippen LogP contribution >= 0.6 is 22.7 Å². The lowest BCUT2D eigenvalue weighted by Crippen LogP contribution is -2.23. The van der Waals surface area contributed by atoms with E-state index in [4.69, 9.17) is 4.42 Å². The monoisotopic (exact) mass is 422 g/mol. The molecule has 0 aliphatic rings. The van der Waals surface area contributed by atoms with Gasteiger partial charge in [0.1, 0.15) is 16.1 Å². The molecule has 0 spiro atoms. The molecule has 1 aromatic carbocycles. The molecule has 0 unspecified atom stereocenters. The number of nitro benzene ring substituents is 1. The van der Waals surface area contributed by atoms with Gasteiger partial charge >= 0.3 is 0 Å². The largest absolute Gasteiger partial charge is 0.456 e. The third-order valence-corrected chi connectivity index (χ3v) is 6.01. The molecule has 8 nitrogen and oxygen atoms in total. The number of thiophene rings is 1. The molecule has 0 atom stereocenters. The Kier molecular flexibility index (Phi) is 4.07. The summed E-state index contributed by atoms with van der Waals surface area (Å²) in [6.45, 7) is 0. The topological polar surface area (TPSA) is 104 Å². The highest BCUT2D eigenvalue weighted by Crippen LogP contribution is 2.31. The number of hydrogen-bond donors (Lipinski definition) is 0. The quantitative estimate of drug-likeness (QED) is 0.324. The first kappa shape index (κ1) is 17.5. The molecule has 0 bridgehead atoms. The molecule has 5 rings (SSSR count). The molecule has 0 amide bonds. The minimum Gasteiger partial charge on any atom is -0.456 e. The van der Waals surface area contributed by atoms with Gasteiger partial charge in [0.05, 0.1) is 15.4 Å². The van der Waals surface area contributed by atoms with Crippen LogP contribution in [-0.4, -0.2) is 19.5 Å². The van der Waals surface area contributed by atoms with E-state index in [2.05, 4.69) is 10.1 Å². The van der Waals surface area contributed by atoms with E-state index in [0.29, 0.717) is 32.4 Å². The Morgan fingerprint density at radius 2 is 2.00 bits per heavy atom. The van der Waals surface area contributed by atoms with Crippen LogP contribution in [0.1, 0.15) is 5.76 Å². The van der Waals surface area contributed by atoms with Gasteiger partial charge in [-0.2, -0.15) is 9.50 Å². The number of hydrogen-bond acceptors (Lipinski definition) is 8. The Hall–Kier alpha value is -3.63. The number of para-hydroxylation sites is 1. The van der Waals surface area contributed by atoms with Crippen LogP contribution in [0.3, 0.4) is 0 Å². The van der Waals surface area contributed by atoms with Crippen LogP contribution in [0.15, 0.2) is 63.1 Å². The second kappa shape index (κ2) is 6.76. The standard InChI is InChI=1S/C19H10N4O4S2/c24-18-16(29-19-20-17(21-22(18)19)15-6-3-9-28-15)10-11-7-8-14(27-11)12-4-1-2-5-13(12)23(25)26/h1-10H. The Morgan fingerprint density at radius 1 is 1.14 bits per heavy atom. The third kappa shape index (κ3) is 3.04. The average molecular weight is 422 g/mol. The van der Waals surface area contributed by atoms with E-state index < -0.39 is 4.92 Å². The molecule has 142 valence electrons. The van der Waals surface area contributed by atoms with E-state index in [0.717, 1.165) is 4.88 Å². The lowest BCUT2D eigenvalue weighted by atomic mass is 10.1. The van der Waals surface area contributed by atoms with Gasteiger partial charge in [-0.15, -0.1) is 16.4 Å². The highest BCUT2D eigenvalue weighted by Gasteiger charge is 2.17. The van der Waals surface area contributed by atoms with Gasteiger partial charge in [-0.25, -0.2) is 0 Å². The van der Waals surface area contributed by atoms with E-state index >= 15 is 0 Å². The fraction of sp³-hybridized carbons (Fsp3) is 0. The van der Waals surface area contributed by atoms with E-state index in [1.54, 1.807) is 36.4 Å². The zero-order chi connectivity index (χ0) is 20.0. The van der Waals surface area contributed by atoms with Gasteiger partial charge in [0.2, 0.25) is 4.96 Å². The number of nitrogens with zero attached hydrogens (tertiary/aromatic N) is 4. The second-order valence-electron chi connectivity index (χ2n) is 6.00. The van der Waals surface area contributed by atoms with Crippen molar-refractivity contribution in [2.75, 3.05) is 0 Å². The van der Waals surface area contributed by atoms with Crippen LogP contribution in [0, 0.1) is 10.1 Å². The number of fused-ring (bicyclic) bond motifs is 1. The molecule has 0 saturated carbocycles. The minimum atomic E-state index is -0.456. The Bertz CT molecular complexity index is 1460. The Labute approximate surface area is 170 Å². The first-order chi connectivity index (χ1) is 14.1. The summed E-state index contributed by atoms with van der Waals surface area (Å²) >= 11 is 2.71. The number of furan rings is 1. The van der Waals surface area contributed by atoms with E-state index in [9.17, 15) is 14.9 Å². The van der Waals surface area contributed by atoms with Gasteiger partial charge in [-0.3, -0.25) is 14.9 Å². The fourth-order valence-corrected chi connectivity index (χ4v) is 4.43. The van der Waals surface area contributed by atoms with Crippen molar-refractivity contribution < 1.29 is 9.34 Å². The highest BCUT2D eigenvalue weighted by atomic mass is 32.1. The molecular weight excluding hydrogens is 412 g/mol. The minimum absolute atomic E-state index is 0.0437. The lowest BCUT2D eigenvalue weighted by molar-refractivity contribution is -0.384. The molecule has 4 aromatic heterocycles. The predicted molar refractivity (Wildman–Crippen MR) is 110 cm³/mol. The number of aromatic nitrogens is 3. The van der Waals surface area contributed by atoms with Crippen molar-refractivity contribution in [2.45, 2.75) is 0 Å². The number of nitro groups is 1. The molecule has 29 heavy (non-hydrogen) atoms. The van der Waals surface area contributed by atoms with Gasteiger partial charge in [-0.1, -0.05) is 29.5 Å². The number of rotatable bonds is 4. The van der Waals surface area contributed by atoms with Crippen LogP contribution in [0.4, 0.5) is 5.69 Å². The Balaban J connectivity index is 1.54. The van der Waals surface area contributed by atoms with Gasteiger partial charge < -0.3 is 4.42 Å². The summed E-state index contributed by atoms with van der Waals surface area (Å²) in [4.78, 5) is 29.2. The van der Waals surface area contributed by atoms with Gasteiger partial charge in [0.15, 0.2) is 5.82 Å². The summed E-state index contributed by atoms with van der Waals surface area (Å²) in [5.74, 6) is 1.29. The zero-order valence-corrected chi connectivity index (χ0v) is 16.1. The van der Waals surface area contributed by atoms with Crippen molar-refractivity contribution >= 4 is 39.4 Å². The molecule has 0 N–H and O–H groups in total. The predicted octanol–water partition coefficient (Wildman–Crippen LogP) is 3.60. The number of benzene rings is 1. The maximum Gasteiger partial charge on any atom is 0.291 e. The van der Waals surface area contributed by atoms with Crippen LogP contribution in [-0.2, 0) is 0 Å². The fourth-order valence-electron chi connectivity index (χ4n) is 2.89. The van der Waals surface area contributed by atoms with Gasteiger partial charge in [0, 0.05) is 12.1 Å². The molecule has 0 radical (unpaired) electrons. The summed E-state index contributed by atoms with van der Waals surface area (Å²) in [5.41, 5.74) is 0.0458. The van der Waals surface area contributed by atoms with Crippen LogP contribution in [0.25, 0.3) is 33.1 Å². The summed E-state index contributed by atoms with van der Waals surface area (Å²) in [6, 6.07) is 13.4. The summed E-state index contributed by atoms with van der Waals surface area (Å²) in [5, 5.41) is 17.4. The Morgan fingerprint density at radius 3 is 2.76 bits per heavy atom. The van der Waals surface area contributed by atoms with Crippen molar-refractivity contribution in [1.82, 2.24) is 14.6 Å². The van der Waals surface area contributed by atoms with Crippen molar-refractivity contribution in [1.29, 1.82) is 0 Å². The normalized spacial score (nSPS) is 12.1. The van der Waals surface area contributed by atoms with Gasteiger partial charge in [0.25, 0.3) is 11.2 Å².